The van der Waals surface area contributed by atoms with Crippen LogP contribution in [0.2, 0.25) is 5.15 Å². The maximum atomic E-state index is 5.88. The van der Waals surface area contributed by atoms with Crippen LogP contribution in [0.25, 0.3) is 0 Å². The average Bonchev–Trinajstić information content (AvgIpc) is 2.37. The number of nitrogens with zero attached hydrogens (tertiary/aromatic N) is 2. The van der Waals surface area contributed by atoms with Gasteiger partial charge in [-0.1, -0.05) is 23.7 Å². The molecule has 0 amide bonds. The van der Waals surface area contributed by atoms with Crippen LogP contribution in [-0.2, 0) is 6.54 Å². The van der Waals surface area contributed by atoms with Gasteiger partial charge in [-0.3, -0.25) is 0 Å². The van der Waals surface area contributed by atoms with E-state index in [1.807, 2.05) is 32.0 Å². The monoisotopic (exact) mass is 288 g/mol. The zero-order chi connectivity index (χ0) is 14.5. The Kier molecular flexibility index (Phi) is 4.58. The fourth-order valence-corrected chi connectivity index (χ4v) is 2.02. The van der Waals surface area contributed by atoms with Crippen LogP contribution < -0.4 is 11.1 Å². The number of nitrogens with one attached hydrogen (secondary N) is 1. The van der Waals surface area contributed by atoms with E-state index < -0.39 is 0 Å². The lowest BCUT2D eigenvalue weighted by Gasteiger charge is -2.08. The Balaban J connectivity index is 2.01. The molecule has 5 heteroatoms. The highest BCUT2D eigenvalue weighted by atomic mass is 35.5. The highest BCUT2D eigenvalue weighted by Gasteiger charge is 1.98. The minimum absolute atomic E-state index is 0.380. The zero-order valence-electron chi connectivity index (χ0n) is 11.5. The molecule has 4 nitrogen and oxygen atoms in total. The van der Waals surface area contributed by atoms with E-state index in [1.54, 1.807) is 12.3 Å². The lowest BCUT2D eigenvalue weighted by atomic mass is 10.1. The van der Waals surface area contributed by atoms with Crippen molar-refractivity contribution in [1.82, 2.24) is 4.98 Å². The van der Waals surface area contributed by atoms with Crippen molar-refractivity contribution in [3.8, 4) is 0 Å². The van der Waals surface area contributed by atoms with Crippen molar-refractivity contribution in [2.75, 3.05) is 5.32 Å². The van der Waals surface area contributed by atoms with E-state index in [9.17, 15) is 0 Å². The van der Waals surface area contributed by atoms with Gasteiger partial charge in [0.25, 0.3) is 0 Å². The lowest BCUT2D eigenvalue weighted by molar-refractivity contribution is 1.04. The van der Waals surface area contributed by atoms with Crippen LogP contribution in [0.1, 0.15) is 16.7 Å². The van der Waals surface area contributed by atoms with E-state index in [0.717, 1.165) is 11.3 Å². The lowest BCUT2D eigenvalue weighted by Crippen LogP contribution is -2.22. The smallest absolute Gasteiger partial charge is 0.193 e. The zero-order valence-corrected chi connectivity index (χ0v) is 12.3. The van der Waals surface area contributed by atoms with Crippen LogP contribution in [0, 0.1) is 13.8 Å². The fourth-order valence-electron chi connectivity index (χ4n) is 1.91. The van der Waals surface area contributed by atoms with Crippen LogP contribution in [0.5, 0.6) is 0 Å². The number of nitrogens with two attached hydrogens (primary N) is 1. The Morgan fingerprint density at radius 2 is 1.95 bits per heavy atom. The fraction of sp³-hybridized carbons (Fsp3) is 0.200. The van der Waals surface area contributed by atoms with E-state index in [-0.39, 0.29) is 0 Å². The molecule has 0 atom stereocenters. The molecule has 0 fully saturated rings. The van der Waals surface area contributed by atoms with Crippen LogP contribution in [0.3, 0.4) is 0 Å². The van der Waals surface area contributed by atoms with Gasteiger partial charge in [0.05, 0.1) is 6.54 Å². The number of guanidine groups is 1. The first-order valence-corrected chi connectivity index (χ1v) is 6.66. The summed E-state index contributed by atoms with van der Waals surface area (Å²) in [6.07, 6.45) is 1.69. The maximum Gasteiger partial charge on any atom is 0.193 e. The minimum atomic E-state index is 0.380. The van der Waals surface area contributed by atoms with Gasteiger partial charge in [0, 0.05) is 11.9 Å². The number of pyridine rings is 1. The molecule has 0 aliphatic heterocycles. The molecule has 1 heterocycles. The number of rotatable bonds is 3. The summed E-state index contributed by atoms with van der Waals surface area (Å²) >= 11 is 5.73. The number of hydrogen-bond acceptors (Lipinski definition) is 2. The first-order valence-electron chi connectivity index (χ1n) is 6.28. The summed E-state index contributed by atoms with van der Waals surface area (Å²) in [5.41, 5.74) is 10.1. The summed E-state index contributed by atoms with van der Waals surface area (Å²) in [6.45, 7) is 4.56. The van der Waals surface area contributed by atoms with Gasteiger partial charge in [0.1, 0.15) is 5.15 Å². The van der Waals surface area contributed by atoms with E-state index in [2.05, 4.69) is 21.4 Å². The molecule has 1 aromatic heterocycles. The number of aryl methyl sites for hydroxylation is 2. The predicted octanol–water partition coefficient (Wildman–Crippen LogP) is 3.28. The van der Waals surface area contributed by atoms with Crippen LogP contribution in [-0.4, -0.2) is 10.9 Å². The molecule has 2 rings (SSSR count). The predicted molar refractivity (Wildman–Crippen MR) is 84.1 cm³/mol. The second-order valence-electron chi connectivity index (χ2n) is 4.69. The van der Waals surface area contributed by atoms with Crippen LogP contribution in [0.4, 0.5) is 5.69 Å². The van der Waals surface area contributed by atoms with Crippen molar-refractivity contribution in [3.63, 3.8) is 0 Å². The molecule has 0 spiro atoms. The molecule has 0 saturated heterocycles. The van der Waals surface area contributed by atoms with Gasteiger partial charge in [-0.25, -0.2) is 9.98 Å². The van der Waals surface area contributed by atoms with Crippen molar-refractivity contribution < 1.29 is 0 Å². The molecule has 0 aliphatic rings. The quantitative estimate of drug-likeness (QED) is 0.517. The Labute approximate surface area is 123 Å². The Hall–Kier alpha value is -2.07. The summed E-state index contributed by atoms with van der Waals surface area (Å²) < 4.78 is 0. The van der Waals surface area contributed by atoms with Crippen molar-refractivity contribution in [2.24, 2.45) is 10.7 Å². The summed E-state index contributed by atoms with van der Waals surface area (Å²) in [5, 5.41) is 3.56. The molecule has 2 aromatic rings. The van der Waals surface area contributed by atoms with Crippen LogP contribution >= 0.6 is 11.6 Å². The number of aliphatic imine (C=N–C) groups is 1. The number of anilines is 1. The Morgan fingerprint density at radius 1 is 1.25 bits per heavy atom. The number of hydrogen-bond donors (Lipinski definition) is 2. The van der Waals surface area contributed by atoms with E-state index >= 15 is 0 Å². The number of aromatic nitrogens is 1. The first kappa shape index (κ1) is 14.3. The topological polar surface area (TPSA) is 63.3 Å². The third-order valence-corrected chi connectivity index (χ3v) is 2.94. The standard InChI is InChI=1S/C15H17ClN4/c1-10-5-11(2)7-13(6-10)20-15(17)19-9-12-3-4-14(16)18-8-12/h3-8H,9H2,1-2H3,(H3,17,19,20). The van der Waals surface area contributed by atoms with Gasteiger partial charge in [-0.05, 0) is 48.7 Å². The molecule has 0 radical (unpaired) electrons. The van der Waals surface area contributed by atoms with Gasteiger partial charge in [-0.2, -0.15) is 0 Å². The van der Waals surface area contributed by atoms with E-state index in [1.165, 1.54) is 11.1 Å². The molecule has 20 heavy (non-hydrogen) atoms. The minimum Gasteiger partial charge on any atom is -0.370 e. The van der Waals surface area contributed by atoms with Crippen LogP contribution in [0.15, 0.2) is 41.5 Å². The van der Waals surface area contributed by atoms with Crippen molar-refractivity contribution >= 4 is 23.2 Å². The van der Waals surface area contributed by atoms with Crippen molar-refractivity contribution in [2.45, 2.75) is 20.4 Å². The van der Waals surface area contributed by atoms with E-state index in [4.69, 9.17) is 17.3 Å². The average molecular weight is 289 g/mol. The molecule has 1 aromatic carbocycles. The highest BCUT2D eigenvalue weighted by molar-refractivity contribution is 6.29. The second-order valence-corrected chi connectivity index (χ2v) is 5.08. The molecule has 3 N–H and O–H groups in total. The summed E-state index contributed by atoms with van der Waals surface area (Å²) in [7, 11) is 0. The third kappa shape index (κ3) is 4.24. The normalized spacial score (nSPS) is 11.4. The molecule has 0 unspecified atom stereocenters. The summed E-state index contributed by atoms with van der Waals surface area (Å²) in [4.78, 5) is 8.28. The SMILES string of the molecule is Cc1cc(C)cc(NC(N)=NCc2ccc(Cl)nc2)c1. The van der Waals surface area contributed by atoms with Gasteiger partial charge >= 0.3 is 0 Å². The largest absolute Gasteiger partial charge is 0.370 e. The summed E-state index contributed by atoms with van der Waals surface area (Å²) in [5.74, 6) is 0.380. The van der Waals surface area contributed by atoms with Crippen molar-refractivity contribution in [1.29, 1.82) is 0 Å². The Bertz CT molecular complexity index is 600. The second kappa shape index (κ2) is 6.39. The number of benzene rings is 1. The maximum absolute atomic E-state index is 5.88. The molecule has 0 bridgehead atoms. The van der Waals surface area contributed by atoms with Gasteiger partial charge in [0.15, 0.2) is 5.96 Å². The molecular weight excluding hydrogens is 272 g/mol. The van der Waals surface area contributed by atoms with Gasteiger partial charge in [-0.15, -0.1) is 0 Å². The molecular formula is C15H17ClN4. The summed E-state index contributed by atoms with van der Waals surface area (Å²) in [6, 6.07) is 9.78. The highest BCUT2D eigenvalue weighted by Crippen LogP contribution is 2.13. The molecule has 0 saturated carbocycles. The van der Waals surface area contributed by atoms with Gasteiger partial charge in [0.2, 0.25) is 0 Å². The van der Waals surface area contributed by atoms with E-state index in [0.29, 0.717) is 17.7 Å². The first-order chi connectivity index (χ1) is 9.52. The third-order valence-electron chi connectivity index (χ3n) is 2.71. The number of halogens is 1. The molecule has 0 aliphatic carbocycles. The molecule has 104 valence electrons. The Morgan fingerprint density at radius 3 is 2.55 bits per heavy atom. The van der Waals surface area contributed by atoms with Gasteiger partial charge < -0.3 is 11.1 Å². The van der Waals surface area contributed by atoms with Crippen molar-refractivity contribution in [3.05, 3.63) is 58.4 Å².